The van der Waals surface area contributed by atoms with Gasteiger partial charge >= 0.3 is 0 Å². The zero-order valence-corrected chi connectivity index (χ0v) is 28.4. The third kappa shape index (κ3) is 10.6. The number of rotatable bonds is 8. The average molecular weight is 639 g/mol. The molecule has 0 bridgehead atoms. The molecule has 5 aromatic carbocycles. The van der Waals surface area contributed by atoms with Crippen LogP contribution in [-0.4, -0.2) is 0 Å². The van der Waals surface area contributed by atoms with Crippen molar-refractivity contribution < 1.29 is 0 Å². The monoisotopic (exact) mass is 638 g/mol. The van der Waals surface area contributed by atoms with E-state index in [1.54, 1.807) is 6.08 Å². The van der Waals surface area contributed by atoms with E-state index in [9.17, 15) is 0 Å². The van der Waals surface area contributed by atoms with Crippen LogP contribution in [0.1, 0.15) is 37.3 Å². The van der Waals surface area contributed by atoms with Crippen molar-refractivity contribution in [3.8, 4) is 0 Å². The first-order chi connectivity index (χ1) is 24.2. The van der Waals surface area contributed by atoms with Crippen molar-refractivity contribution in [3.63, 3.8) is 0 Å². The van der Waals surface area contributed by atoms with E-state index < -0.39 is 0 Å². The van der Waals surface area contributed by atoms with E-state index in [0.29, 0.717) is 0 Å². The molecule has 0 saturated carbocycles. The van der Waals surface area contributed by atoms with Gasteiger partial charge in [0.1, 0.15) is 0 Å². The van der Waals surface area contributed by atoms with Crippen molar-refractivity contribution >= 4 is 39.6 Å². The van der Waals surface area contributed by atoms with Crippen LogP contribution in [0, 0.1) is 0 Å². The van der Waals surface area contributed by atoms with Crippen LogP contribution in [0.5, 0.6) is 0 Å². The quantitative estimate of drug-likeness (QED) is 0.165. The van der Waals surface area contributed by atoms with Gasteiger partial charge in [0.25, 0.3) is 0 Å². The molecule has 5 aromatic rings. The lowest BCUT2D eigenvalue weighted by Crippen LogP contribution is -1.96. The van der Waals surface area contributed by atoms with Crippen LogP contribution in [0.4, 0.5) is 22.7 Å². The number of allylic oxidation sites excluding steroid dienone is 12. The van der Waals surface area contributed by atoms with Crippen molar-refractivity contribution in [2.75, 3.05) is 10.6 Å². The van der Waals surface area contributed by atoms with Crippen molar-refractivity contribution in [2.45, 2.75) is 32.6 Å². The summed E-state index contributed by atoms with van der Waals surface area (Å²) < 4.78 is 0. The number of hydrogen-bond acceptors (Lipinski definition) is 2. The lowest BCUT2D eigenvalue weighted by molar-refractivity contribution is 0.976. The van der Waals surface area contributed by atoms with E-state index in [4.69, 9.17) is 0 Å². The first kappa shape index (κ1) is 34.5. The molecule has 0 aliphatic heterocycles. The van der Waals surface area contributed by atoms with Gasteiger partial charge in [0.2, 0.25) is 0 Å². The zero-order chi connectivity index (χ0) is 33.9. The van der Waals surface area contributed by atoms with Gasteiger partial charge in [-0.05, 0) is 84.2 Å². The first-order valence-electron chi connectivity index (χ1n) is 17.2. The minimum Gasteiger partial charge on any atom is -0.355 e. The van der Waals surface area contributed by atoms with Crippen molar-refractivity contribution in [2.24, 2.45) is 0 Å². The Morgan fingerprint density at radius 3 is 2.06 bits per heavy atom. The minimum absolute atomic E-state index is 1.02. The highest BCUT2D eigenvalue weighted by Crippen LogP contribution is 2.27. The second-order valence-corrected chi connectivity index (χ2v) is 11.7. The second-order valence-electron chi connectivity index (χ2n) is 11.7. The van der Waals surface area contributed by atoms with Gasteiger partial charge in [-0.2, -0.15) is 0 Å². The van der Waals surface area contributed by atoms with Crippen LogP contribution < -0.4 is 10.6 Å². The van der Waals surface area contributed by atoms with E-state index in [-0.39, 0.29) is 0 Å². The molecule has 0 atom stereocenters. The van der Waals surface area contributed by atoms with Crippen molar-refractivity contribution in [1.29, 1.82) is 0 Å². The predicted molar refractivity (Wildman–Crippen MR) is 216 cm³/mol. The third-order valence-electron chi connectivity index (χ3n) is 8.25. The van der Waals surface area contributed by atoms with Crippen LogP contribution in [0.3, 0.4) is 0 Å². The van der Waals surface area contributed by atoms with Gasteiger partial charge in [-0.15, -0.1) is 0 Å². The molecule has 2 nitrogen and oxygen atoms in total. The molecular weight excluding hydrogens is 593 g/mol. The summed E-state index contributed by atoms with van der Waals surface area (Å²) in [7, 11) is 0. The Labute approximate surface area is 292 Å². The summed E-state index contributed by atoms with van der Waals surface area (Å²) >= 11 is 0. The van der Waals surface area contributed by atoms with Gasteiger partial charge in [0.05, 0.1) is 0 Å². The van der Waals surface area contributed by atoms with Crippen LogP contribution in [-0.2, 0) is 6.42 Å². The van der Waals surface area contributed by atoms with Gasteiger partial charge in [0, 0.05) is 33.7 Å². The van der Waals surface area contributed by atoms with Crippen LogP contribution in [0.2, 0.25) is 0 Å². The topological polar surface area (TPSA) is 24.1 Å². The van der Waals surface area contributed by atoms with Gasteiger partial charge < -0.3 is 10.6 Å². The lowest BCUT2D eigenvalue weighted by atomic mass is 9.96. The van der Waals surface area contributed by atoms with E-state index in [2.05, 4.69) is 164 Å². The van der Waals surface area contributed by atoms with Crippen molar-refractivity contribution in [3.05, 3.63) is 211 Å². The fourth-order valence-corrected chi connectivity index (χ4v) is 5.74. The predicted octanol–water partition coefficient (Wildman–Crippen LogP) is 13.5. The molecule has 0 radical (unpaired) electrons. The highest BCUT2D eigenvalue weighted by atomic mass is 14.9. The number of hydrogen-bond donors (Lipinski definition) is 2. The molecule has 0 amide bonds. The fourth-order valence-electron chi connectivity index (χ4n) is 5.74. The first-order valence-corrected chi connectivity index (χ1v) is 17.2. The Hall–Kier alpha value is -5.86. The Bertz CT molecular complexity index is 1970. The second kappa shape index (κ2) is 19.1. The standard InChI is InChI=1S/C18H19N.C16H13N.C13H14/c1-3-5-13-17-15(4-2)10-9-14-18(17)19-16-11-7-6-8-12-16;1-2-9-14(10-3-1)17-16-12-6-8-13-7-4-5-11-15(13)16;1-2-5-9-12(8-4-1)13-10-6-3-7-11-13/h3,5-14,19H,1,4H2,2H3;1-12,17H;1-4,6,8-10H,5,7,11H2/b13-5-;;. The van der Waals surface area contributed by atoms with Gasteiger partial charge in [-0.3, -0.25) is 0 Å². The molecule has 2 heteroatoms. The Morgan fingerprint density at radius 1 is 0.673 bits per heavy atom. The molecule has 0 aromatic heterocycles. The van der Waals surface area contributed by atoms with Gasteiger partial charge in [-0.1, -0.05) is 165 Å². The summed E-state index contributed by atoms with van der Waals surface area (Å²) in [5.41, 5.74) is 9.93. The molecule has 0 unspecified atom stereocenters. The number of anilines is 4. The molecule has 49 heavy (non-hydrogen) atoms. The Kier molecular flexibility index (Phi) is 13.4. The van der Waals surface area contributed by atoms with E-state index >= 15 is 0 Å². The van der Waals surface area contributed by atoms with Crippen LogP contribution in [0.15, 0.2) is 200 Å². The molecule has 0 spiro atoms. The van der Waals surface area contributed by atoms with Gasteiger partial charge in [0.15, 0.2) is 0 Å². The fraction of sp³-hybridized carbons (Fsp3) is 0.106. The number of nitrogens with one attached hydrogen (secondary N) is 2. The van der Waals surface area contributed by atoms with E-state index in [1.807, 2.05) is 42.5 Å². The normalized spacial score (nSPS) is 13.2. The number of para-hydroxylation sites is 2. The molecule has 2 aliphatic rings. The number of fused-ring (bicyclic) bond motifs is 1. The van der Waals surface area contributed by atoms with Crippen LogP contribution in [0.25, 0.3) is 16.8 Å². The summed E-state index contributed by atoms with van der Waals surface area (Å²) in [6, 6.07) is 41.5. The lowest BCUT2D eigenvalue weighted by Gasteiger charge is -2.13. The molecule has 7 rings (SSSR count). The molecule has 2 N–H and O–H groups in total. The summed E-state index contributed by atoms with van der Waals surface area (Å²) in [4.78, 5) is 0. The molecule has 0 saturated heterocycles. The minimum atomic E-state index is 1.02. The maximum Gasteiger partial charge on any atom is 0.0463 e. The largest absolute Gasteiger partial charge is 0.355 e. The maximum absolute atomic E-state index is 3.74. The summed E-state index contributed by atoms with van der Waals surface area (Å²) in [6.07, 6.45) is 27.9. The molecular formula is C47H46N2. The average Bonchev–Trinajstić information content (AvgIpc) is 3.46. The molecule has 0 heterocycles. The number of aryl methyl sites for hydroxylation is 1. The highest BCUT2D eigenvalue weighted by Gasteiger charge is 2.05. The van der Waals surface area contributed by atoms with E-state index in [0.717, 1.165) is 35.6 Å². The summed E-state index contributed by atoms with van der Waals surface area (Å²) in [6.45, 7) is 5.91. The zero-order valence-electron chi connectivity index (χ0n) is 28.4. The third-order valence-corrected chi connectivity index (χ3v) is 8.25. The SMILES string of the molecule is C1=CCC=C(C2=CC=CCC2)C=C1.C=C/C=C\c1c(CC)cccc1Nc1ccccc1.c1ccc(Nc2cccc3ccccc23)cc1. The molecule has 0 fully saturated rings. The van der Waals surface area contributed by atoms with Gasteiger partial charge in [-0.25, -0.2) is 0 Å². The smallest absolute Gasteiger partial charge is 0.0463 e. The van der Waals surface area contributed by atoms with E-state index in [1.165, 1.54) is 45.9 Å². The molecule has 2 aliphatic carbocycles. The van der Waals surface area contributed by atoms with Crippen LogP contribution >= 0.6 is 0 Å². The summed E-state index contributed by atoms with van der Waals surface area (Å²) in [5, 5.41) is 9.42. The Balaban J connectivity index is 0.000000146. The van der Waals surface area contributed by atoms with Crippen molar-refractivity contribution in [1.82, 2.24) is 0 Å². The maximum atomic E-state index is 3.74. The Morgan fingerprint density at radius 2 is 1.35 bits per heavy atom. The highest BCUT2D eigenvalue weighted by molar-refractivity contribution is 5.95. The summed E-state index contributed by atoms with van der Waals surface area (Å²) in [5.74, 6) is 0. The number of benzene rings is 5. The molecule has 244 valence electrons.